The Labute approximate surface area is 135 Å². The van der Waals surface area contributed by atoms with Crippen LogP contribution >= 0.6 is 11.6 Å². The lowest BCUT2D eigenvalue weighted by atomic mass is 10.2. The zero-order valence-electron chi connectivity index (χ0n) is 12.5. The van der Waals surface area contributed by atoms with Gasteiger partial charge >= 0.3 is 0 Å². The van der Waals surface area contributed by atoms with Crippen LogP contribution in [0.4, 0.5) is 5.69 Å². The highest BCUT2D eigenvalue weighted by atomic mass is 35.5. The molecule has 0 heterocycles. The summed E-state index contributed by atoms with van der Waals surface area (Å²) in [5.41, 5.74) is 5.42. The summed E-state index contributed by atoms with van der Waals surface area (Å²) in [5.74, 6) is -0.202. The van der Waals surface area contributed by atoms with Crippen molar-refractivity contribution in [1.29, 1.82) is 0 Å². The zero-order valence-corrected chi connectivity index (χ0v) is 13.3. The molecule has 0 saturated carbocycles. The number of aryl methyl sites for hydroxylation is 1. The molecule has 0 aliphatic rings. The first kappa shape index (κ1) is 16.0. The molecule has 1 atom stereocenters. The molecule has 114 valence electrons. The van der Waals surface area contributed by atoms with Gasteiger partial charge in [-0.3, -0.25) is 4.79 Å². The minimum atomic E-state index is -0.385. The van der Waals surface area contributed by atoms with Crippen LogP contribution in [0.15, 0.2) is 53.6 Å². The van der Waals surface area contributed by atoms with Gasteiger partial charge in [-0.25, -0.2) is 5.43 Å². The fourth-order valence-corrected chi connectivity index (χ4v) is 1.99. The summed E-state index contributed by atoms with van der Waals surface area (Å²) < 4.78 is 0. The Hall–Kier alpha value is -2.33. The van der Waals surface area contributed by atoms with E-state index in [1.807, 2.05) is 43.3 Å². The van der Waals surface area contributed by atoms with Crippen molar-refractivity contribution in [3.05, 3.63) is 64.7 Å². The molecule has 2 rings (SSSR count). The third-order valence-electron chi connectivity index (χ3n) is 3.05. The van der Waals surface area contributed by atoms with Gasteiger partial charge in [-0.15, -0.1) is 0 Å². The molecule has 0 aromatic heterocycles. The normalized spacial score (nSPS) is 12.1. The van der Waals surface area contributed by atoms with E-state index in [1.165, 1.54) is 0 Å². The zero-order chi connectivity index (χ0) is 15.9. The predicted octanol–water partition coefficient (Wildman–Crippen LogP) is 3.60. The number of benzene rings is 2. The van der Waals surface area contributed by atoms with Gasteiger partial charge in [0.15, 0.2) is 0 Å². The maximum Gasteiger partial charge on any atom is 0.262 e. The van der Waals surface area contributed by atoms with Crippen molar-refractivity contribution in [2.24, 2.45) is 5.10 Å². The Morgan fingerprint density at radius 1 is 1.23 bits per heavy atom. The summed E-state index contributed by atoms with van der Waals surface area (Å²) >= 11 is 5.80. The van der Waals surface area contributed by atoms with E-state index in [1.54, 1.807) is 25.3 Å². The number of carbonyl (C=O) groups is 1. The minimum absolute atomic E-state index is 0.202. The van der Waals surface area contributed by atoms with E-state index in [9.17, 15) is 4.79 Å². The molecule has 0 fully saturated rings. The molecule has 2 aromatic rings. The molecule has 0 spiro atoms. The van der Waals surface area contributed by atoms with E-state index in [0.717, 1.165) is 16.8 Å². The van der Waals surface area contributed by atoms with Crippen molar-refractivity contribution in [2.45, 2.75) is 19.9 Å². The maximum absolute atomic E-state index is 12.0. The van der Waals surface area contributed by atoms with Crippen molar-refractivity contribution >= 4 is 29.4 Å². The molecule has 0 aliphatic heterocycles. The van der Waals surface area contributed by atoms with Gasteiger partial charge in [0.1, 0.15) is 6.04 Å². The van der Waals surface area contributed by atoms with Gasteiger partial charge in [0.25, 0.3) is 5.91 Å². The summed E-state index contributed by atoms with van der Waals surface area (Å²) in [7, 11) is 0. The number of rotatable bonds is 5. The SMILES string of the molecule is Cc1cccc(N[C@H](C)C(=O)N/N=C\c2ccc(Cl)cc2)c1. The summed E-state index contributed by atoms with van der Waals surface area (Å²) in [4.78, 5) is 12.0. The quantitative estimate of drug-likeness (QED) is 0.654. The maximum atomic E-state index is 12.0. The molecular weight excluding hydrogens is 298 g/mol. The Kier molecular flexibility index (Phi) is 5.55. The van der Waals surface area contributed by atoms with Crippen LogP contribution in [-0.4, -0.2) is 18.2 Å². The first-order valence-corrected chi connectivity index (χ1v) is 7.34. The molecular formula is C17H18ClN3O. The van der Waals surface area contributed by atoms with E-state index in [4.69, 9.17) is 11.6 Å². The molecule has 4 nitrogen and oxygen atoms in total. The average molecular weight is 316 g/mol. The van der Waals surface area contributed by atoms with E-state index in [-0.39, 0.29) is 11.9 Å². The Morgan fingerprint density at radius 3 is 2.64 bits per heavy atom. The topological polar surface area (TPSA) is 53.5 Å². The van der Waals surface area contributed by atoms with Crippen molar-refractivity contribution in [3.63, 3.8) is 0 Å². The summed E-state index contributed by atoms with van der Waals surface area (Å²) in [6.45, 7) is 3.79. The van der Waals surface area contributed by atoms with E-state index >= 15 is 0 Å². The first-order valence-electron chi connectivity index (χ1n) is 6.96. The Morgan fingerprint density at radius 2 is 1.95 bits per heavy atom. The number of hydrazone groups is 1. The average Bonchev–Trinajstić information content (AvgIpc) is 2.49. The van der Waals surface area contributed by atoms with Crippen molar-refractivity contribution in [1.82, 2.24) is 5.43 Å². The minimum Gasteiger partial charge on any atom is -0.374 e. The third-order valence-corrected chi connectivity index (χ3v) is 3.30. The predicted molar refractivity (Wildman–Crippen MR) is 91.5 cm³/mol. The van der Waals surface area contributed by atoms with Gasteiger partial charge in [0.2, 0.25) is 0 Å². The van der Waals surface area contributed by atoms with Gasteiger partial charge in [0, 0.05) is 10.7 Å². The first-order chi connectivity index (χ1) is 10.5. The standard InChI is InChI=1S/C17H18ClN3O/c1-12-4-3-5-16(10-12)20-13(2)17(22)21-19-11-14-6-8-15(18)9-7-14/h3-11,13,20H,1-2H3,(H,21,22)/b19-11-/t13-/m1/s1. The van der Waals surface area contributed by atoms with Gasteiger partial charge in [-0.2, -0.15) is 5.10 Å². The van der Waals surface area contributed by atoms with Crippen molar-refractivity contribution in [2.75, 3.05) is 5.32 Å². The molecule has 0 bridgehead atoms. The second-order valence-electron chi connectivity index (χ2n) is 5.02. The number of amides is 1. The molecule has 22 heavy (non-hydrogen) atoms. The van der Waals surface area contributed by atoms with Crippen LogP contribution in [0, 0.1) is 6.92 Å². The second-order valence-corrected chi connectivity index (χ2v) is 5.46. The lowest BCUT2D eigenvalue weighted by Gasteiger charge is -2.13. The van der Waals surface area contributed by atoms with Crippen LogP contribution in [-0.2, 0) is 4.79 Å². The highest BCUT2D eigenvalue weighted by molar-refractivity contribution is 6.30. The number of hydrogen-bond acceptors (Lipinski definition) is 3. The van der Waals surface area contributed by atoms with Crippen LogP contribution < -0.4 is 10.7 Å². The molecule has 0 aliphatic carbocycles. The van der Waals surface area contributed by atoms with E-state index in [0.29, 0.717) is 5.02 Å². The largest absolute Gasteiger partial charge is 0.374 e. The Bertz CT molecular complexity index is 668. The highest BCUT2D eigenvalue weighted by Crippen LogP contribution is 2.11. The smallest absolute Gasteiger partial charge is 0.262 e. The fourth-order valence-electron chi connectivity index (χ4n) is 1.87. The summed E-state index contributed by atoms with van der Waals surface area (Å²) in [6, 6.07) is 14.7. The molecule has 0 unspecified atom stereocenters. The summed E-state index contributed by atoms with van der Waals surface area (Å²) in [6.07, 6.45) is 1.58. The fraction of sp³-hybridized carbons (Fsp3) is 0.176. The van der Waals surface area contributed by atoms with E-state index in [2.05, 4.69) is 15.8 Å². The van der Waals surface area contributed by atoms with E-state index < -0.39 is 0 Å². The lowest BCUT2D eigenvalue weighted by Crippen LogP contribution is -2.34. The van der Waals surface area contributed by atoms with Crippen LogP contribution in [0.1, 0.15) is 18.1 Å². The van der Waals surface area contributed by atoms with Crippen molar-refractivity contribution in [3.8, 4) is 0 Å². The molecule has 2 aromatic carbocycles. The van der Waals surface area contributed by atoms with Gasteiger partial charge in [0.05, 0.1) is 6.21 Å². The molecule has 0 saturated heterocycles. The molecule has 2 N–H and O–H groups in total. The van der Waals surface area contributed by atoms with Crippen molar-refractivity contribution < 1.29 is 4.79 Å². The Balaban J connectivity index is 1.87. The molecule has 1 amide bonds. The van der Waals surface area contributed by atoms with Crippen LogP contribution in [0.3, 0.4) is 0 Å². The number of nitrogens with zero attached hydrogens (tertiary/aromatic N) is 1. The van der Waals surface area contributed by atoms with Gasteiger partial charge in [-0.05, 0) is 49.2 Å². The highest BCUT2D eigenvalue weighted by Gasteiger charge is 2.11. The van der Waals surface area contributed by atoms with Crippen LogP contribution in [0.2, 0.25) is 5.02 Å². The van der Waals surface area contributed by atoms with Crippen LogP contribution in [0.25, 0.3) is 0 Å². The second kappa shape index (κ2) is 7.61. The molecule has 5 heteroatoms. The summed E-state index contributed by atoms with van der Waals surface area (Å²) in [5, 5.41) is 7.74. The lowest BCUT2D eigenvalue weighted by molar-refractivity contribution is -0.121. The number of anilines is 1. The number of hydrogen-bond donors (Lipinski definition) is 2. The van der Waals surface area contributed by atoms with Gasteiger partial charge in [-0.1, -0.05) is 35.9 Å². The number of carbonyl (C=O) groups excluding carboxylic acids is 1. The number of nitrogens with one attached hydrogen (secondary N) is 2. The third kappa shape index (κ3) is 4.90. The monoisotopic (exact) mass is 315 g/mol. The molecule has 0 radical (unpaired) electrons. The number of halogens is 1. The van der Waals surface area contributed by atoms with Gasteiger partial charge < -0.3 is 5.32 Å². The van der Waals surface area contributed by atoms with Crippen LogP contribution in [0.5, 0.6) is 0 Å².